The van der Waals surface area contributed by atoms with E-state index in [-0.39, 0.29) is 11.3 Å². The molecule has 0 aliphatic rings. The van der Waals surface area contributed by atoms with Crippen molar-refractivity contribution in [2.75, 3.05) is 21.3 Å². The van der Waals surface area contributed by atoms with Gasteiger partial charge in [0.15, 0.2) is 11.5 Å². The zero-order chi connectivity index (χ0) is 21.0. The van der Waals surface area contributed by atoms with Gasteiger partial charge >= 0.3 is 11.6 Å². The van der Waals surface area contributed by atoms with Gasteiger partial charge in [0.2, 0.25) is 5.75 Å². The number of hydrogen-bond acceptors (Lipinski definition) is 7. The maximum Gasteiger partial charge on any atom is 0.343 e. The lowest BCUT2D eigenvalue weighted by Crippen LogP contribution is -2.10. The van der Waals surface area contributed by atoms with Crippen molar-refractivity contribution < 1.29 is 28.2 Å². The minimum Gasteiger partial charge on any atom is -0.493 e. The number of aryl methyl sites for hydroxylation is 1. The van der Waals surface area contributed by atoms with E-state index < -0.39 is 11.6 Å². The first kappa shape index (κ1) is 20.3. The maximum atomic E-state index is 12.7. The molecule has 1 aromatic heterocycles. The van der Waals surface area contributed by atoms with Crippen molar-refractivity contribution in [2.24, 2.45) is 0 Å². The van der Waals surface area contributed by atoms with Gasteiger partial charge in [-0.3, -0.25) is 0 Å². The van der Waals surface area contributed by atoms with Crippen LogP contribution in [0.3, 0.4) is 0 Å². The Morgan fingerprint density at radius 2 is 1.66 bits per heavy atom. The third-order valence-electron chi connectivity index (χ3n) is 4.43. The van der Waals surface area contributed by atoms with Crippen LogP contribution >= 0.6 is 0 Å². The van der Waals surface area contributed by atoms with E-state index in [4.69, 9.17) is 23.4 Å². The highest BCUT2D eigenvalue weighted by Crippen LogP contribution is 2.38. The summed E-state index contributed by atoms with van der Waals surface area (Å²) in [6.45, 7) is 2.04. The van der Waals surface area contributed by atoms with Crippen molar-refractivity contribution in [2.45, 2.75) is 19.8 Å². The van der Waals surface area contributed by atoms with Crippen molar-refractivity contribution in [1.82, 2.24) is 0 Å². The van der Waals surface area contributed by atoms with Gasteiger partial charge in [-0.25, -0.2) is 9.59 Å². The molecule has 0 fully saturated rings. The molecule has 0 radical (unpaired) electrons. The Morgan fingerprint density at radius 3 is 2.24 bits per heavy atom. The molecule has 0 spiro atoms. The van der Waals surface area contributed by atoms with Crippen LogP contribution in [0.2, 0.25) is 0 Å². The van der Waals surface area contributed by atoms with Crippen molar-refractivity contribution in [1.29, 1.82) is 0 Å². The highest BCUT2D eigenvalue weighted by Gasteiger charge is 2.19. The van der Waals surface area contributed by atoms with E-state index in [0.29, 0.717) is 22.8 Å². The summed E-state index contributed by atoms with van der Waals surface area (Å²) in [6, 6.07) is 9.48. The van der Waals surface area contributed by atoms with E-state index in [9.17, 15) is 9.59 Å². The predicted molar refractivity (Wildman–Crippen MR) is 108 cm³/mol. The van der Waals surface area contributed by atoms with Crippen LogP contribution in [0, 0.1) is 0 Å². The van der Waals surface area contributed by atoms with Gasteiger partial charge in [0.25, 0.3) is 0 Å². The van der Waals surface area contributed by atoms with Crippen LogP contribution in [0.15, 0.2) is 45.6 Å². The second-order valence-electron chi connectivity index (χ2n) is 6.30. The summed E-state index contributed by atoms with van der Waals surface area (Å²) in [4.78, 5) is 24.5. The van der Waals surface area contributed by atoms with Crippen molar-refractivity contribution in [3.63, 3.8) is 0 Å². The molecule has 1 heterocycles. The van der Waals surface area contributed by atoms with Crippen LogP contribution in [-0.2, 0) is 6.42 Å². The van der Waals surface area contributed by atoms with Gasteiger partial charge in [-0.15, -0.1) is 0 Å². The lowest BCUT2D eigenvalue weighted by Gasteiger charge is -2.14. The average Bonchev–Trinajstić information content (AvgIpc) is 2.72. The Morgan fingerprint density at radius 1 is 0.966 bits per heavy atom. The minimum atomic E-state index is -0.615. The Balaban J connectivity index is 1.95. The zero-order valence-electron chi connectivity index (χ0n) is 16.7. The monoisotopic (exact) mass is 398 g/mol. The Kier molecular flexibility index (Phi) is 6.07. The number of esters is 1. The summed E-state index contributed by atoms with van der Waals surface area (Å²) >= 11 is 0. The first-order valence-corrected chi connectivity index (χ1v) is 9.09. The number of benzene rings is 2. The second-order valence-corrected chi connectivity index (χ2v) is 6.30. The minimum absolute atomic E-state index is 0.223. The van der Waals surface area contributed by atoms with Gasteiger partial charge < -0.3 is 23.4 Å². The van der Waals surface area contributed by atoms with Crippen LogP contribution in [0.4, 0.5) is 0 Å². The van der Waals surface area contributed by atoms with Crippen molar-refractivity contribution in [3.8, 4) is 23.0 Å². The average molecular weight is 398 g/mol. The highest BCUT2D eigenvalue weighted by atomic mass is 16.5. The molecule has 0 aliphatic carbocycles. The number of rotatable bonds is 7. The molecule has 0 unspecified atom stereocenters. The number of fused-ring (bicyclic) bond motifs is 1. The third kappa shape index (κ3) is 4.18. The third-order valence-corrected chi connectivity index (χ3v) is 4.43. The summed E-state index contributed by atoms with van der Waals surface area (Å²) in [5.74, 6) is 0.700. The molecule has 152 valence electrons. The molecule has 7 nitrogen and oxygen atoms in total. The molecule has 0 bridgehead atoms. The fourth-order valence-electron chi connectivity index (χ4n) is 3.11. The first-order chi connectivity index (χ1) is 14.0. The number of carbonyl (C=O) groups excluding carboxylic acids is 1. The molecule has 3 aromatic rings. The summed E-state index contributed by atoms with van der Waals surface area (Å²) in [7, 11) is 4.41. The molecular weight excluding hydrogens is 376 g/mol. The Labute approximate surface area is 167 Å². The zero-order valence-corrected chi connectivity index (χ0v) is 16.7. The fourth-order valence-corrected chi connectivity index (χ4v) is 3.11. The normalized spacial score (nSPS) is 10.6. The molecule has 29 heavy (non-hydrogen) atoms. The fraction of sp³-hybridized carbons (Fsp3) is 0.273. The lowest BCUT2D eigenvalue weighted by atomic mass is 10.1. The largest absolute Gasteiger partial charge is 0.493 e. The van der Waals surface area contributed by atoms with Gasteiger partial charge in [-0.05, 0) is 36.2 Å². The molecule has 3 rings (SSSR count). The SMILES string of the molecule is CCCc1cc(=O)oc2cc(OC(=O)c3cc(OC)c(OC)c(OC)c3)ccc12. The number of methoxy groups -OCH3 is 3. The van der Waals surface area contributed by atoms with Crippen molar-refractivity contribution >= 4 is 16.9 Å². The number of carbonyl (C=O) groups is 1. The van der Waals surface area contributed by atoms with E-state index in [1.54, 1.807) is 12.1 Å². The van der Waals surface area contributed by atoms with Gasteiger partial charge in [-0.2, -0.15) is 0 Å². The molecule has 0 saturated heterocycles. The lowest BCUT2D eigenvalue weighted by molar-refractivity contribution is 0.0734. The van der Waals surface area contributed by atoms with E-state index >= 15 is 0 Å². The topological polar surface area (TPSA) is 84.2 Å². The van der Waals surface area contributed by atoms with Crippen LogP contribution in [0.25, 0.3) is 11.0 Å². The first-order valence-electron chi connectivity index (χ1n) is 9.09. The van der Waals surface area contributed by atoms with Gasteiger partial charge in [0, 0.05) is 17.5 Å². The van der Waals surface area contributed by atoms with E-state index in [0.717, 1.165) is 23.8 Å². The summed E-state index contributed by atoms with van der Waals surface area (Å²) in [5.41, 5.74) is 1.06. The smallest absolute Gasteiger partial charge is 0.343 e. The molecular formula is C22H22O7. The summed E-state index contributed by atoms with van der Waals surface area (Å²) in [6.07, 6.45) is 1.66. The van der Waals surface area contributed by atoms with Gasteiger partial charge in [0.05, 0.1) is 26.9 Å². The van der Waals surface area contributed by atoms with Gasteiger partial charge in [-0.1, -0.05) is 13.3 Å². The maximum absolute atomic E-state index is 12.7. The second kappa shape index (κ2) is 8.68. The predicted octanol–water partition coefficient (Wildman–Crippen LogP) is 3.99. The molecule has 0 aliphatic heterocycles. The number of hydrogen-bond donors (Lipinski definition) is 0. The summed E-state index contributed by atoms with van der Waals surface area (Å²) in [5, 5.41) is 0.819. The van der Waals surface area contributed by atoms with Crippen LogP contribution in [0.5, 0.6) is 23.0 Å². The number of ether oxygens (including phenoxy) is 4. The van der Waals surface area contributed by atoms with E-state index in [1.807, 2.05) is 6.92 Å². The van der Waals surface area contributed by atoms with Crippen LogP contribution in [-0.4, -0.2) is 27.3 Å². The molecule has 2 aromatic carbocycles. The molecule has 0 amide bonds. The highest BCUT2D eigenvalue weighted by molar-refractivity contribution is 5.93. The van der Waals surface area contributed by atoms with Crippen molar-refractivity contribution in [3.05, 3.63) is 57.9 Å². The summed E-state index contributed by atoms with van der Waals surface area (Å²) < 4.78 is 26.5. The molecule has 0 saturated carbocycles. The standard InChI is InChI=1S/C22H22O7/c1-5-6-13-11-20(23)29-17-12-15(7-8-16(13)17)28-22(24)14-9-18(25-2)21(27-4)19(10-14)26-3/h7-12H,5-6H2,1-4H3. The van der Waals surface area contributed by atoms with Crippen LogP contribution < -0.4 is 24.6 Å². The van der Waals surface area contributed by atoms with E-state index in [1.165, 1.54) is 45.6 Å². The molecule has 0 atom stereocenters. The van der Waals surface area contributed by atoms with E-state index in [2.05, 4.69) is 0 Å². The quantitative estimate of drug-likeness (QED) is 0.338. The van der Waals surface area contributed by atoms with Crippen LogP contribution in [0.1, 0.15) is 29.3 Å². The Hall–Kier alpha value is -3.48. The molecule has 0 N–H and O–H groups in total. The Bertz CT molecular complexity index is 1070. The molecule has 7 heteroatoms. The van der Waals surface area contributed by atoms with Gasteiger partial charge in [0.1, 0.15) is 11.3 Å².